The number of hydrogen-bond donors (Lipinski definition) is 1. The Kier molecular flexibility index (Phi) is 3.99. The number of rotatable bonds is 3. The lowest BCUT2D eigenvalue weighted by atomic mass is 9.80. The molecule has 0 bridgehead atoms. The van der Waals surface area contributed by atoms with Crippen LogP contribution in [0.2, 0.25) is 0 Å². The van der Waals surface area contributed by atoms with Gasteiger partial charge in [0.25, 0.3) is 0 Å². The average molecular weight is 286 g/mol. The summed E-state index contributed by atoms with van der Waals surface area (Å²) >= 11 is 0. The molecule has 2 aliphatic heterocycles. The van der Waals surface area contributed by atoms with Gasteiger partial charge in [-0.2, -0.15) is 5.26 Å². The second kappa shape index (κ2) is 5.76. The van der Waals surface area contributed by atoms with E-state index in [1.54, 1.807) is 0 Å². The Morgan fingerprint density at radius 1 is 1.48 bits per heavy atom. The molecule has 4 heteroatoms. The maximum atomic E-state index is 10.5. The van der Waals surface area contributed by atoms with E-state index >= 15 is 0 Å². The molecule has 0 radical (unpaired) electrons. The average Bonchev–Trinajstić information content (AvgIpc) is 2.99. The van der Waals surface area contributed by atoms with Crippen molar-refractivity contribution >= 4 is 0 Å². The van der Waals surface area contributed by atoms with Crippen LogP contribution in [0, 0.1) is 11.3 Å². The number of ether oxygens (including phenoxy) is 1. The number of nitrogens with zero attached hydrogens (tertiary/aromatic N) is 2. The zero-order chi connectivity index (χ0) is 14.9. The van der Waals surface area contributed by atoms with E-state index in [9.17, 15) is 10.4 Å². The van der Waals surface area contributed by atoms with Crippen molar-refractivity contribution in [1.29, 1.82) is 5.26 Å². The van der Waals surface area contributed by atoms with E-state index in [0.717, 1.165) is 18.4 Å². The Morgan fingerprint density at radius 2 is 2.24 bits per heavy atom. The van der Waals surface area contributed by atoms with Crippen molar-refractivity contribution in [3.05, 3.63) is 35.9 Å². The summed E-state index contributed by atoms with van der Waals surface area (Å²) in [7, 11) is 0. The van der Waals surface area contributed by atoms with Gasteiger partial charge in [-0.25, -0.2) is 4.90 Å². The molecule has 0 amide bonds. The SMILES string of the molecule is CC[C@@H](O)[C@@]1(C#N)CCC[C@H]2OC[C@@H](c3ccccc3)N21. The van der Waals surface area contributed by atoms with Crippen molar-refractivity contribution in [3.63, 3.8) is 0 Å². The Labute approximate surface area is 125 Å². The van der Waals surface area contributed by atoms with E-state index in [2.05, 4.69) is 23.1 Å². The van der Waals surface area contributed by atoms with Gasteiger partial charge in [0.2, 0.25) is 0 Å². The van der Waals surface area contributed by atoms with Gasteiger partial charge in [-0.1, -0.05) is 37.3 Å². The van der Waals surface area contributed by atoms with E-state index in [1.807, 2.05) is 25.1 Å². The van der Waals surface area contributed by atoms with E-state index in [0.29, 0.717) is 19.4 Å². The second-order valence-corrected chi connectivity index (χ2v) is 5.97. The number of piperidine rings is 1. The topological polar surface area (TPSA) is 56.5 Å². The largest absolute Gasteiger partial charge is 0.390 e. The molecule has 2 aliphatic rings. The van der Waals surface area contributed by atoms with Gasteiger partial charge in [-0.15, -0.1) is 0 Å². The predicted molar refractivity (Wildman–Crippen MR) is 79.3 cm³/mol. The molecule has 21 heavy (non-hydrogen) atoms. The Hall–Kier alpha value is -1.41. The summed E-state index contributed by atoms with van der Waals surface area (Å²) in [6, 6.07) is 12.7. The second-order valence-electron chi connectivity index (χ2n) is 5.97. The van der Waals surface area contributed by atoms with Crippen LogP contribution in [0.4, 0.5) is 0 Å². The standard InChI is InChI=1S/C17H22N2O2/c1-2-15(20)17(12-18)10-6-9-16-19(17)14(11-21-16)13-7-4-3-5-8-13/h3-5,7-8,14-16,20H,2,6,9-11H2,1H3/t14-,15+,16+,17-/m0/s1. The summed E-state index contributed by atoms with van der Waals surface area (Å²) in [6.45, 7) is 2.52. The molecule has 0 unspecified atom stereocenters. The van der Waals surface area contributed by atoms with Crippen molar-refractivity contribution in [2.24, 2.45) is 0 Å². The van der Waals surface area contributed by atoms with Gasteiger partial charge in [0.15, 0.2) is 0 Å². The molecule has 2 fully saturated rings. The molecule has 0 aromatic heterocycles. The summed E-state index contributed by atoms with van der Waals surface area (Å²) in [4.78, 5) is 2.14. The van der Waals surface area contributed by atoms with Crippen molar-refractivity contribution in [2.75, 3.05) is 6.61 Å². The molecule has 2 heterocycles. The molecule has 4 atom stereocenters. The van der Waals surface area contributed by atoms with Gasteiger partial charge in [-0.3, -0.25) is 0 Å². The molecule has 1 N–H and O–H groups in total. The number of nitriles is 1. The highest BCUT2D eigenvalue weighted by molar-refractivity contribution is 5.25. The van der Waals surface area contributed by atoms with E-state index in [1.165, 1.54) is 0 Å². The fraction of sp³-hybridized carbons (Fsp3) is 0.588. The minimum absolute atomic E-state index is 0.0511. The fourth-order valence-corrected chi connectivity index (χ4v) is 3.79. The van der Waals surface area contributed by atoms with Crippen LogP contribution in [-0.2, 0) is 4.74 Å². The summed E-state index contributed by atoms with van der Waals surface area (Å²) in [5.41, 5.74) is 0.333. The van der Waals surface area contributed by atoms with Crippen molar-refractivity contribution in [2.45, 2.75) is 56.5 Å². The van der Waals surface area contributed by atoms with Gasteiger partial charge in [0, 0.05) is 0 Å². The first-order chi connectivity index (χ1) is 10.2. The van der Waals surface area contributed by atoms with Gasteiger partial charge in [-0.05, 0) is 31.2 Å². The number of fused-ring (bicyclic) bond motifs is 1. The summed E-state index contributed by atoms with van der Waals surface area (Å²) < 4.78 is 5.94. The molecule has 2 saturated heterocycles. The molecule has 1 aromatic rings. The first kappa shape index (κ1) is 14.5. The zero-order valence-corrected chi connectivity index (χ0v) is 12.4. The van der Waals surface area contributed by atoms with Gasteiger partial charge >= 0.3 is 0 Å². The van der Waals surface area contributed by atoms with Crippen molar-refractivity contribution in [1.82, 2.24) is 4.90 Å². The summed E-state index contributed by atoms with van der Waals surface area (Å²) in [6.07, 6.45) is 2.46. The highest BCUT2D eigenvalue weighted by atomic mass is 16.5. The molecule has 4 nitrogen and oxygen atoms in total. The number of aliphatic hydroxyl groups excluding tert-OH is 1. The fourth-order valence-electron chi connectivity index (χ4n) is 3.79. The highest BCUT2D eigenvalue weighted by Crippen LogP contribution is 2.45. The van der Waals surface area contributed by atoms with Gasteiger partial charge < -0.3 is 9.84 Å². The molecular formula is C17H22N2O2. The lowest BCUT2D eigenvalue weighted by Crippen LogP contribution is -2.60. The molecule has 3 rings (SSSR count). The van der Waals surface area contributed by atoms with Crippen molar-refractivity contribution in [3.8, 4) is 6.07 Å². The van der Waals surface area contributed by atoms with Crippen LogP contribution >= 0.6 is 0 Å². The van der Waals surface area contributed by atoms with E-state index in [4.69, 9.17) is 4.74 Å². The minimum atomic E-state index is -0.825. The van der Waals surface area contributed by atoms with E-state index < -0.39 is 11.6 Å². The molecule has 0 spiro atoms. The Balaban J connectivity index is 2.00. The molecule has 1 aromatic carbocycles. The predicted octanol–water partition coefficient (Wildman–Crippen LogP) is 2.60. The summed E-state index contributed by atoms with van der Waals surface area (Å²) in [5, 5.41) is 20.4. The van der Waals surface area contributed by atoms with Crippen LogP contribution in [-0.4, -0.2) is 34.5 Å². The highest BCUT2D eigenvalue weighted by Gasteiger charge is 2.54. The third-order valence-electron chi connectivity index (χ3n) is 4.88. The minimum Gasteiger partial charge on any atom is -0.390 e. The monoisotopic (exact) mass is 286 g/mol. The van der Waals surface area contributed by atoms with Crippen molar-refractivity contribution < 1.29 is 9.84 Å². The lowest BCUT2D eigenvalue weighted by Gasteiger charge is -2.47. The third-order valence-corrected chi connectivity index (χ3v) is 4.88. The number of aliphatic hydroxyl groups is 1. The lowest BCUT2D eigenvalue weighted by molar-refractivity contribution is -0.0986. The molecule has 0 saturated carbocycles. The smallest absolute Gasteiger partial charge is 0.137 e. The van der Waals surface area contributed by atoms with E-state index in [-0.39, 0.29) is 12.3 Å². The Morgan fingerprint density at radius 3 is 2.90 bits per heavy atom. The van der Waals surface area contributed by atoms with Crippen LogP contribution in [0.15, 0.2) is 30.3 Å². The summed E-state index contributed by atoms with van der Waals surface area (Å²) in [5.74, 6) is 0. The zero-order valence-electron chi connectivity index (χ0n) is 12.4. The first-order valence-electron chi connectivity index (χ1n) is 7.77. The number of hydrogen-bond acceptors (Lipinski definition) is 4. The molecule has 112 valence electrons. The van der Waals surface area contributed by atoms with Crippen LogP contribution in [0.3, 0.4) is 0 Å². The quantitative estimate of drug-likeness (QED) is 0.928. The first-order valence-corrected chi connectivity index (χ1v) is 7.77. The number of benzene rings is 1. The maximum Gasteiger partial charge on any atom is 0.137 e. The maximum absolute atomic E-state index is 10.5. The van der Waals surface area contributed by atoms with Crippen LogP contribution in [0.5, 0.6) is 0 Å². The Bertz CT molecular complexity index is 527. The van der Waals surface area contributed by atoms with Crippen LogP contribution < -0.4 is 0 Å². The molecule has 0 aliphatic carbocycles. The van der Waals surface area contributed by atoms with Crippen LogP contribution in [0.25, 0.3) is 0 Å². The normalized spacial score (nSPS) is 34.1. The third kappa shape index (κ3) is 2.26. The van der Waals surface area contributed by atoms with Gasteiger partial charge in [0.05, 0.1) is 24.8 Å². The van der Waals surface area contributed by atoms with Gasteiger partial charge in [0.1, 0.15) is 11.8 Å². The molecular weight excluding hydrogens is 264 g/mol. The van der Waals surface area contributed by atoms with Crippen LogP contribution in [0.1, 0.15) is 44.2 Å².